The lowest BCUT2D eigenvalue weighted by Gasteiger charge is -2.19. The Kier molecular flexibility index (Phi) is 5.03. The molecule has 28 heavy (non-hydrogen) atoms. The topological polar surface area (TPSA) is 67.5 Å². The zero-order chi connectivity index (χ0) is 19.7. The van der Waals surface area contributed by atoms with E-state index in [1.54, 1.807) is 12.1 Å². The summed E-state index contributed by atoms with van der Waals surface area (Å²) < 4.78 is 0. The number of hydrogen-bond donors (Lipinski definition) is 1. The average Bonchev–Trinajstić information content (AvgIpc) is 3.14. The smallest absolute Gasteiger partial charge is 0.269 e. The molecular formula is C21H15Cl2N3O2. The Morgan fingerprint density at radius 2 is 1.36 bits per heavy atom. The minimum absolute atomic E-state index is 0.0589. The van der Waals surface area contributed by atoms with Gasteiger partial charge in [0.15, 0.2) is 0 Å². The first-order valence-corrected chi connectivity index (χ1v) is 9.37. The Morgan fingerprint density at radius 1 is 0.821 bits per heavy atom. The maximum Gasteiger partial charge on any atom is 0.269 e. The molecule has 0 saturated heterocycles. The van der Waals surface area contributed by atoms with Gasteiger partial charge in [0.1, 0.15) is 11.9 Å². The first-order valence-electron chi connectivity index (χ1n) is 8.61. The molecule has 5 nitrogen and oxygen atoms in total. The molecule has 0 bridgehead atoms. The van der Waals surface area contributed by atoms with E-state index >= 15 is 0 Å². The van der Waals surface area contributed by atoms with Crippen LogP contribution in [0.1, 0.15) is 28.8 Å². The second kappa shape index (κ2) is 7.62. The number of rotatable bonds is 4. The lowest BCUT2D eigenvalue weighted by Crippen LogP contribution is -2.25. The molecule has 1 aliphatic rings. The summed E-state index contributed by atoms with van der Waals surface area (Å²) in [5.41, 5.74) is 2.90. The van der Waals surface area contributed by atoms with Gasteiger partial charge in [-0.05, 0) is 47.5 Å². The number of amidine groups is 1. The molecule has 0 amide bonds. The molecule has 0 unspecified atom stereocenters. The van der Waals surface area contributed by atoms with Crippen LogP contribution in [0.4, 0.5) is 5.69 Å². The van der Waals surface area contributed by atoms with E-state index in [9.17, 15) is 10.1 Å². The highest BCUT2D eigenvalue weighted by Crippen LogP contribution is 2.38. The highest BCUT2D eigenvalue weighted by atomic mass is 35.5. The highest BCUT2D eigenvalue weighted by molar-refractivity contribution is 6.30. The number of hydrogen-bond acceptors (Lipinski definition) is 4. The summed E-state index contributed by atoms with van der Waals surface area (Å²) in [7, 11) is 0. The van der Waals surface area contributed by atoms with Gasteiger partial charge < -0.3 is 5.32 Å². The van der Waals surface area contributed by atoms with E-state index in [2.05, 4.69) is 5.32 Å². The van der Waals surface area contributed by atoms with Crippen LogP contribution in [0.3, 0.4) is 0 Å². The molecule has 1 aliphatic heterocycles. The van der Waals surface area contributed by atoms with Crippen LogP contribution in [0.15, 0.2) is 77.8 Å². The summed E-state index contributed by atoms with van der Waals surface area (Å²) in [6, 6.07) is 21.2. The van der Waals surface area contributed by atoms with Gasteiger partial charge in [0, 0.05) is 27.7 Å². The van der Waals surface area contributed by atoms with E-state index < -0.39 is 4.92 Å². The molecule has 4 rings (SSSR count). The van der Waals surface area contributed by atoms with Crippen LogP contribution in [0.2, 0.25) is 10.0 Å². The van der Waals surface area contributed by atoms with Gasteiger partial charge in [-0.15, -0.1) is 0 Å². The van der Waals surface area contributed by atoms with Gasteiger partial charge >= 0.3 is 0 Å². The molecule has 1 N–H and O–H groups in total. The molecule has 3 aromatic carbocycles. The number of halogens is 2. The third-order valence-electron chi connectivity index (χ3n) is 4.67. The van der Waals surface area contributed by atoms with E-state index in [1.807, 2.05) is 48.5 Å². The van der Waals surface area contributed by atoms with Gasteiger partial charge in [-0.1, -0.05) is 47.5 Å². The third kappa shape index (κ3) is 3.72. The summed E-state index contributed by atoms with van der Waals surface area (Å²) in [5, 5.41) is 15.7. The summed E-state index contributed by atoms with van der Waals surface area (Å²) in [6.45, 7) is 0. The molecule has 7 heteroatoms. The Bertz CT molecular complexity index is 1030. The van der Waals surface area contributed by atoms with E-state index in [1.165, 1.54) is 12.1 Å². The van der Waals surface area contributed by atoms with Crippen molar-refractivity contribution in [3.8, 4) is 0 Å². The SMILES string of the molecule is O=[N+]([O-])c1ccc([C@@H]2NC(c3ccc(Cl)cc3)=N[C@@H]2c2ccc(Cl)cc2)cc1. The standard InChI is InChI=1S/C21H15Cl2N3O2/c22-16-7-1-13(2-8-16)19-20(14-5-11-18(12-6-14)26(27)28)25-21(24-19)15-3-9-17(23)10-4-15/h1-12,19-20H,(H,24,25)/t19-,20+/m1/s1. The predicted molar refractivity (Wildman–Crippen MR) is 111 cm³/mol. The fraction of sp³-hybridized carbons (Fsp3) is 0.0952. The molecular weight excluding hydrogens is 397 g/mol. The number of nitrogens with zero attached hydrogens (tertiary/aromatic N) is 2. The number of benzene rings is 3. The summed E-state index contributed by atoms with van der Waals surface area (Å²) in [5.74, 6) is 0.750. The Hall–Kier alpha value is -2.89. The molecule has 0 fully saturated rings. The largest absolute Gasteiger partial charge is 0.361 e. The average molecular weight is 412 g/mol. The fourth-order valence-electron chi connectivity index (χ4n) is 3.24. The van der Waals surface area contributed by atoms with Crippen molar-refractivity contribution in [3.05, 3.63) is 110 Å². The summed E-state index contributed by atoms with van der Waals surface area (Å²) in [4.78, 5) is 15.4. The van der Waals surface area contributed by atoms with Crippen molar-refractivity contribution in [1.82, 2.24) is 5.32 Å². The second-order valence-electron chi connectivity index (χ2n) is 6.45. The second-order valence-corrected chi connectivity index (χ2v) is 7.32. The quantitative estimate of drug-likeness (QED) is 0.439. The molecule has 2 atom stereocenters. The summed E-state index contributed by atoms with van der Waals surface area (Å²) >= 11 is 12.0. The Balaban J connectivity index is 1.72. The van der Waals surface area contributed by atoms with Gasteiger partial charge in [0.2, 0.25) is 0 Å². The van der Waals surface area contributed by atoms with Crippen molar-refractivity contribution in [2.75, 3.05) is 0 Å². The van der Waals surface area contributed by atoms with E-state index in [0.717, 1.165) is 22.5 Å². The third-order valence-corrected chi connectivity index (χ3v) is 5.17. The van der Waals surface area contributed by atoms with Crippen molar-refractivity contribution >= 4 is 34.7 Å². The molecule has 0 radical (unpaired) electrons. The van der Waals surface area contributed by atoms with Crippen LogP contribution in [0, 0.1) is 10.1 Å². The van der Waals surface area contributed by atoms with Crippen LogP contribution >= 0.6 is 23.2 Å². The molecule has 140 valence electrons. The number of non-ortho nitro benzene ring substituents is 1. The van der Waals surface area contributed by atoms with Gasteiger partial charge in [0.25, 0.3) is 5.69 Å². The number of aliphatic imine (C=N–C) groups is 1. The van der Waals surface area contributed by atoms with Crippen molar-refractivity contribution in [1.29, 1.82) is 0 Å². The minimum atomic E-state index is -0.405. The Labute approximate surface area is 171 Å². The molecule has 0 aromatic heterocycles. The lowest BCUT2D eigenvalue weighted by molar-refractivity contribution is -0.384. The minimum Gasteiger partial charge on any atom is -0.361 e. The van der Waals surface area contributed by atoms with Gasteiger partial charge in [-0.3, -0.25) is 15.1 Å². The predicted octanol–water partition coefficient (Wildman–Crippen LogP) is 5.73. The van der Waals surface area contributed by atoms with Crippen LogP contribution in [0.25, 0.3) is 0 Å². The van der Waals surface area contributed by atoms with Crippen LogP contribution < -0.4 is 5.32 Å². The fourth-order valence-corrected chi connectivity index (χ4v) is 3.49. The first-order chi connectivity index (χ1) is 13.5. The van der Waals surface area contributed by atoms with E-state index in [4.69, 9.17) is 28.2 Å². The number of nitrogens with one attached hydrogen (secondary N) is 1. The number of nitro groups is 1. The van der Waals surface area contributed by atoms with Crippen LogP contribution in [0.5, 0.6) is 0 Å². The van der Waals surface area contributed by atoms with Gasteiger partial charge in [-0.2, -0.15) is 0 Å². The lowest BCUT2D eigenvalue weighted by atomic mass is 9.95. The molecule has 0 aliphatic carbocycles. The van der Waals surface area contributed by atoms with Crippen molar-refractivity contribution in [3.63, 3.8) is 0 Å². The van der Waals surface area contributed by atoms with Crippen molar-refractivity contribution in [2.24, 2.45) is 4.99 Å². The molecule has 0 spiro atoms. The zero-order valence-electron chi connectivity index (χ0n) is 14.5. The van der Waals surface area contributed by atoms with E-state index in [-0.39, 0.29) is 17.8 Å². The van der Waals surface area contributed by atoms with E-state index in [0.29, 0.717) is 10.0 Å². The normalized spacial score (nSPS) is 18.4. The highest BCUT2D eigenvalue weighted by Gasteiger charge is 2.32. The monoisotopic (exact) mass is 411 g/mol. The molecule has 3 aromatic rings. The molecule has 0 saturated carbocycles. The van der Waals surface area contributed by atoms with Crippen molar-refractivity contribution < 1.29 is 4.92 Å². The van der Waals surface area contributed by atoms with Crippen LogP contribution in [-0.4, -0.2) is 10.8 Å². The summed E-state index contributed by atoms with van der Waals surface area (Å²) in [6.07, 6.45) is 0. The van der Waals surface area contributed by atoms with Gasteiger partial charge in [-0.25, -0.2) is 0 Å². The molecule has 1 heterocycles. The van der Waals surface area contributed by atoms with Gasteiger partial charge in [0.05, 0.1) is 11.0 Å². The van der Waals surface area contributed by atoms with Crippen molar-refractivity contribution in [2.45, 2.75) is 12.1 Å². The van der Waals surface area contributed by atoms with Crippen LogP contribution in [-0.2, 0) is 0 Å². The maximum absolute atomic E-state index is 11.0. The number of nitro benzene ring substituents is 1. The Morgan fingerprint density at radius 3 is 1.93 bits per heavy atom. The maximum atomic E-state index is 11.0. The first kappa shape index (κ1) is 18.5. The zero-order valence-corrected chi connectivity index (χ0v) is 16.1.